The molecule has 1 saturated heterocycles. The van der Waals surface area contributed by atoms with E-state index in [1.54, 1.807) is 32.3 Å². The van der Waals surface area contributed by atoms with Gasteiger partial charge in [-0.15, -0.1) is 10.2 Å². The lowest BCUT2D eigenvalue weighted by Crippen LogP contribution is -2.50. The molecule has 1 aromatic heterocycles. The van der Waals surface area contributed by atoms with Crippen LogP contribution in [0.5, 0.6) is 17.2 Å². The number of ether oxygens (including phenoxy) is 3. The van der Waals surface area contributed by atoms with Crippen LogP contribution in [0.2, 0.25) is 0 Å². The average Bonchev–Trinajstić information content (AvgIpc) is 2.88. The minimum atomic E-state index is -0.127. The van der Waals surface area contributed by atoms with Crippen molar-refractivity contribution in [3.05, 3.63) is 54.6 Å². The van der Waals surface area contributed by atoms with E-state index in [1.165, 1.54) is 0 Å². The second-order valence-electron chi connectivity index (χ2n) is 7.48. The Labute approximate surface area is 192 Å². The van der Waals surface area contributed by atoms with E-state index >= 15 is 0 Å². The highest BCUT2D eigenvalue weighted by atomic mass is 16.5. The Bertz CT molecular complexity index is 1100. The quantitative estimate of drug-likeness (QED) is 0.616. The Morgan fingerprint density at radius 1 is 0.848 bits per heavy atom. The molecule has 0 atom stereocenters. The highest BCUT2D eigenvalue weighted by Crippen LogP contribution is 2.31. The summed E-state index contributed by atoms with van der Waals surface area (Å²) in [5, 5.41) is 11.7. The molecule has 2 aromatic carbocycles. The van der Waals surface area contributed by atoms with Crippen molar-refractivity contribution in [3.63, 3.8) is 0 Å². The summed E-state index contributed by atoms with van der Waals surface area (Å²) in [6, 6.07) is 16.7. The molecule has 0 saturated carbocycles. The van der Waals surface area contributed by atoms with Gasteiger partial charge >= 0.3 is 6.03 Å². The number of nitrogens with zero attached hydrogens (tertiary/aromatic N) is 4. The van der Waals surface area contributed by atoms with Crippen LogP contribution < -0.4 is 24.4 Å². The van der Waals surface area contributed by atoms with Gasteiger partial charge in [0.25, 0.3) is 0 Å². The summed E-state index contributed by atoms with van der Waals surface area (Å²) in [5.74, 6) is 2.79. The molecule has 1 aliphatic heterocycles. The second kappa shape index (κ2) is 10.1. The first-order chi connectivity index (χ1) is 16.1. The number of aromatic nitrogens is 2. The van der Waals surface area contributed by atoms with Gasteiger partial charge in [-0.3, -0.25) is 0 Å². The molecule has 0 bridgehead atoms. The zero-order chi connectivity index (χ0) is 23.2. The zero-order valence-electron chi connectivity index (χ0n) is 18.9. The Hall–Kier alpha value is -4.01. The summed E-state index contributed by atoms with van der Waals surface area (Å²) >= 11 is 0. The molecule has 1 N–H and O–H groups in total. The Morgan fingerprint density at radius 2 is 1.64 bits per heavy atom. The Kier molecular flexibility index (Phi) is 6.77. The SMILES string of the molecule is COc1cccc(NC(=O)N2CCN(c3ccc(-c4ccc(OC)c(OC)c4)nn3)CC2)c1. The number of urea groups is 1. The lowest BCUT2D eigenvalue weighted by Gasteiger charge is -2.35. The van der Waals surface area contributed by atoms with Crippen molar-refractivity contribution in [1.29, 1.82) is 0 Å². The number of benzene rings is 2. The van der Waals surface area contributed by atoms with Crippen LogP contribution in [0.4, 0.5) is 16.3 Å². The van der Waals surface area contributed by atoms with Crippen LogP contribution in [0.25, 0.3) is 11.3 Å². The van der Waals surface area contributed by atoms with E-state index in [1.807, 2.05) is 48.5 Å². The Morgan fingerprint density at radius 3 is 2.30 bits per heavy atom. The summed E-state index contributed by atoms with van der Waals surface area (Å²) < 4.78 is 15.9. The third-order valence-corrected chi connectivity index (χ3v) is 5.54. The van der Waals surface area contributed by atoms with E-state index in [0.29, 0.717) is 49.1 Å². The Balaban J connectivity index is 1.35. The molecule has 33 heavy (non-hydrogen) atoms. The predicted octanol–water partition coefficient (Wildman–Crippen LogP) is 3.52. The van der Waals surface area contributed by atoms with Crippen LogP contribution in [0.15, 0.2) is 54.6 Å². The van der Waals surface area contributed by atoms with Crippen LogP contribution in [-0.2, 0) is 0 Å². The highest BCUT2D eigenvalue weighted by Gasteiger charge is 2.22. The lowest BCUT2D eigenvalue weighted by molar-refractivity contribution is 0.208. The van der Waals surface area contributed by atoms with Crippen molar-refractivity contribution in [2.24, 2.45) is 0 Å². The molecule has 9 nitrogen and oxygen atoms in total. The first-order valence-electron chi connectivity index (χ1n) is 10.6. The summed E-state index contributed by atoms with van der Waals surface area (Å²) in [5.41, 5.74) is 2.35. The maximum Gasteiger partial charge on any atom is 0.321 e. The molecular formula is C24H27N5O4. The van der Waals surface area contributed by atoms with Gasteiger partial charge in [-0.2, -0.15) is 0 Å². The van der Waals surface area contributed by atoms with E-state index in [-0.39, 0.29) is 6.03 Å². The van der Waals surface area contributed by atoms with Gasteiger partial charge in [0.2, 0.25) is 0 Å². The van der Waals surface area contributed by atoms with E-state index in [2.05, 4.69) is 20.4 Å². The molecule has 9 heteroatoms. The number of hydrogen-bond acceptors (Lipinski definition) is 7. The molecule has 0 radical (unpaired) electrons. The normalized spacial score (nSPS) is 13.4. The second-order valence-corrected chi connectivity index (χ2v) is 7.48. The largest absolute Gasteiger partial charge is 0.497 e. The molecule has 2 heterocycles. The van der Waals surface area contributed by atoms with Crippen molar-refractivity contribution in [1.82, 2.24) is 15.1 Å². The number of methoxy groups -OCH3 is 3. The van der Waals surface area contributed by atoms with Crippen LogP contribution >= 0.6 is 0 Å². The number of piperazine rings is 1. The average molecular weight is 450 g/mol. The summed E-state index contributed by atoms with van der Waals surface area (Å²) in [4.78, 5) is 16.5. The number of carbonyl (C=O) groups excluding carboxylic acids is 1. The number of nitrogens with one attached hydrogen (secondary N) is 1. The number of carbonyl (C=O) groups is 1. The van der Waals surface area contributed by atoms with E-state index in [0.717, 1.165) is 17.1 Å². The number of rotatable bonds is 6. The van der Waals surface area contributed by atoms with Crippen molar-refractivity contribution in [2.75, 3.05) is 57.7 Å². The van der Waals surface area contributed by atoms with Gasteiger partial charge in [-0.1, -0.05) is 6.07 Å². The van der Waals surface area contributed by atoms with Crippen LogP contribution in [0, 0.1) is 0 Å². The van der Waals surface area contributed by atoms with E-state index in [4.69, 9.17) is 14.2 Å². The van der Waals surface area contributed by atoms with Gasteiger partial charge in [0.15, 0.2) is 17.3 Å². The van der Waals surface area contributed by atoms with Crippen molar-refractivity contribution >= 4 is 17.5 Å². The molecule has 2 amide bonds. The number of hydrogen-bond donors (Lipinski definition) is 1. The maximum absolute atomic E-state index is 12.6. The highest BCUT2D eigenvalue weighted by molar-refractivity contribution is 5.89. The molecule has 4 rings (SSSR count). The zero-order valence-corrected chi connectivity index (χ0v) is 18.9. The van der Waals surface area contributed by atoms with Crippen molar-refractivity contribution in [2.45, 2.75) is 0 Å². The van der Waals surface area contributed by atoms with Gasteiger partial charge in [0.05, 0.1) is 27.0 Å². The number of amides is 2. The molecule has 0 aliphatic carbocycles. The summed E-state index contributed by atoms with van der Waals surface area (Å²) in [6.07, 6.45) is 0. The smallest absolute Gasteiger partial charge is 0.321 e. The van der Waals surface area contributed by atoms with Gasteiger partial charge in [0, 0.05) is 43.5 Å². The molecule has 0 unspecified atom stereocenters. The van der Waals surface area contributed by atoms with Crippen molar-refractivity contribution in [3.8, 4) is 28.5 Å². The number of anilines is 2. The summed E-state index contributed by atoms with van der Waals surface area (Å²) in [7, 11) is 4.81. The fourth-order valence-electron chi connectivity index (χ4n) is 3.69. The van der Waals surface area contributed by atoms with Crippen LogP contribution in [-0.4, -0.2) is 68.6 Å². The van der Waals surface area contributed by atoms with Crippen LogP contribution in [0.3, 0.4) is 0 Å². The minimum absolute atomic E-state index is 0.127. The molecule has 1 fully saturated rings. The third-order valence-electron chi connectivity index (χ3n) is 5.54. The third kappa shape index (κ3) is 5.08. The van der Waals surface area contributed by atoms with Gasteiger partial charge < -0.3 is 29.3 Å². The van der Waals surface area contributed by atoms with Gasteiger partial charge in [0.1, 0.15) is 5.75 Å². The molecule has 172 valence electrons. The fourth-order valence-corrected chi connectivity index (χ4v) is 3.69. The van der Waals surface area contributed by atoms with E-state index in [9.17, 15) is 4.79 Å². The molecular weight excluding hydrogens is 422 g/mol. The van der Waals surface area contributed by atoms with Crippen LogP contribution in [0.1, 0.15) is 0 Å². The molecule has 0 spiro atoms. The standard InChI is InChI=1S/C24H27N5O4/c1-31-19-6-4-5-18(16-19)25-24(30)29-13-11-28(12-14-29)23-10-8-20(26-27-23)17-7-9-21(32-2)22(15-17)33-3/h4-10,15-16H,11-14H2,1-3H3,(H,25,30). The van der Waals surface area contributed by atoms with Gasteiger partial charge in [-0.05, 0) is 42.5 Å². The maximum atomic E-state index is 12.6. The monoisotopic (exact) mass is 449 g/mol. The topological polar surface area (TPSA) is 89.1 Å². The molecule has 3 aromatic rings. The first kappa shape index (κ1) is 22.2. The molecule has 1 aliphatic rings. The summed E-state index contributed by atoms with van der Waals surface area (Å²) in [6.45, 7) is 2.54. The van der Waals surface area contributed by atoms with Gasteiger partial charge in [-0.25, -0.2) is 4.79 Å². The predicted molar refractivity (Wildman–Crippen MR) is 126 cm³/mol. The van der Waals surface area contributed by atoms with Crippen molar-refractivity contribution < 1.29 is 19.0 Å². The van der Waals surface area contributed by atoms with E-state index < -0.39 is 0 Å². The lowest BCUT2D eigenvalue weighted by atomic mass is 10.1. The fraction of sp³-hybridized carbons (Fsp3) is 0.292. The first-order valence-corrected chi connectivity index (χ1v) is 10.6. The minimum Gasteiger partial charge on any atom is -0.497 e.